The first-order valence-corrected chi connectivity index (χ1v) is 10.0. The minimum Gasteiger partial charge on any atom is -0.454 e. The number of likely N-dealkylation sites (N-methyl/N-ethyl adjacent to an activating group) is 1. The molecular formula is C22H29N3O6. The molecule has 9 nitrogen and oxygen atoms in total. The third-order valence-corrected chi connectivity index (χ3v) is 4.64. The van der Waals surface area contributed by atoms with Crippen molar-refractivity contribution in [1.82, 2.24) is 15.1 Å². The molecule has 0 radical (unpaired) electrons. The summed E-state index contributed by atoms with van der Waals surface area (Å²) >= 11 is 0. The second-order valence-corrected chi connectivity index (χ2v) is 8.87. The smallest absolute Gasteiger partial charge is 0.330 e. The van der Waals surface area contributed by atoms with Crippen LogP contribution in [0.4, 0.5) is 0 Å². The van der Waals surface area contributed by atoms with Crippen LogP contribution in [0.2, 0.25) is 0 Å². The Morgan fingerprint density at radius 1 is 1.06 bits per heavy atom. The highest BCUT2D eigenvalue weighted by Gasteiger charge is 2.44. The van der Waals surface area contributed by atoms with Crippen molar-refractivity contribution in [2.75, 3.05) is 20.2 Å². The number of nitrogens with zero attached hydrogens (tertiary/aromatic N) is 2. The molecule has 1 heterocycles. The van der Waals surface area contributed by atoms with E-state index in [0.29, 0.717) is 0 Å². The molecule has 31 heavy (non-hydrogen) atoms. The zero-order chi connectivity index (χ0) is 23.5. The van der Waals surface area contributed by atoms with E-state index in [2.05, 4.69) is 5.32 Å². The number of ether oxygens (including phenoxy) is 1. The molecular weight excluding hydrogens is 402 g/mol. The Hall–Kier alpha value is -3.23. The van der Waals surface area contributed by atoms with Crippen LogP contribution in [0.1, 0.15) is 55.3 Å². The number of benzene rings is 1. The van der Waals surface area contributed by atoms with Crippen LogP contribution < -0.4 is 5.32 Å². The number of hydrogen-bond acceptors (Lipinski definition) is 6. The molecule has 168 valence electrons. The predicted octanol–water partition coefficient (Wildman–Crippen LogP) is 1.22. The molecule has 0 spiro atoms. The second kappa shape index (κ2) is 9.28. The molecule has 0 aliphatic carbocycles. The maximum Gasteiger partial charge on any atom is 0.330 e. The summed E-state index contributed by atoms with van der Waals surface area (Å²) in [5, 5.41) is 2.74. The van der Waals surface area contributed by atoms with E-state index in [1.165, 1.54) is 19.2 Å². The van der Waals surface area contributed by atoms with E-state index in [-0.39, 0.29) is 23.6 Å². The lowest BCUT2D eigenvalue weighted by atomic mass is 10.0. The van der Waals surface area contributed by atoms with Crippen LogP contribution in [-0.4, -0.2) is 71.2 Å². The molecule has 0 aromatic heterocycles. The number of imide groups is 1. The molecule has 2 rings (SSSR count). The van der Waals surface area contributed by atoms with E-state index in [1.54, 1.807) is 26.0 Å². The molecule has 1 N–H and O–H groups in total. The maximum atomic E-state index is 12.7. The summed E-state index contributed by atoms with van der Waals surface area (Å²) in [6.07, 6.45) is 0. The molecule has 9 heteroatoms. The number of fused-ring (bicyclic) bond motifs is 1. The van der Waals surface area contributed by atoms with Crippen molar-refractivity contribution in [1.29, 1.82) is 0 Å². The molecule has 1 aliphatic rings. The van der Waals surface area contributed by atoms with Crippen molar-refractivity contribution >= 4 is 29.6 Å². The predicted molar refractivity (Wildman–Crippen MR) is 112 cm³/mol. The molecule has 0 fully saturated rings. The summed E-state index contributed by atoms with van der Waals surface area (Å²) in [5.41, 5.74) is 0.0165. The van der Waals surface area contributed by atoms with Crippen LogP contribution in [0.25, 0.3) is 0 Å². The third kappa shape index (κ3) is 5.68. The second-order valence-electron chi connectivity index (χ2n) is 8.87. The van der Waals surface area contributed by atoms with E-state index in [1.807, 2.05) is 20.8 Å². The van der Waals surface area contributed by atoms with Gasteiger partial charge >= 0.3 is 5.97 Å². The number of hydrogen-bond donors (Lipinski definition) is 1. The van der Waals surface area contributed by atoms with Gasteiger partial charge < -0.3 is 15.0 Å². The lowest BCUT2D eigenvalue weighted by Gasteiger charge is -2.28. The Kier molecular flexibility index (Phi) is 7.20. The lowest BCUT2D eigenvalue weighted by molar-refractivity contribution is -0.156. The molecule has 1 aromatic carbocycles. The van der Waals surface area contributed by atoms with Gasteiger partial charge in [0.15, 0.2) is 6.61 Å². The van der Waals surface area contributed by atoms with Crippen LogP contribution in [0, 0.1) is 5.92 Å². The lowest BCUT2D eigenvalue weighted by Crippen LogP contribution is -2.50. The quantitative estimate of drug-likeness (QED) is 0.513. The topological polar surface area (TPSA) is 113 Å². The van der Waals surface area contributed by atoms with Gasteiger partial charge in [-0.1, -0.05) is 26.0 Å². The maximum absolute atomic E-state index is 12.7. The highest BCUT2D eigenvalue weighted by atomic mass is 16.5. The van der Waals surface area contributed by atoms with E-state index >= 15 is 0 Å². The fraction of sp³-hybridized carbons (Fsp3) is 0.500. The van der Waals surface area contributed by atoms with Gasteiger partial charge in [-0.2, -0.15) is 0 Å². The Bertz CT molecular complexity index is 868. The van der Waals surface area contributed by atoms with Crippen molar-refractivity contribution < 1.29 is 28.7 Å². The zero-order valence-electron chi connectivity index (χ0n) is 18.7. The standard InChI is InChI=1S/C22H29N3O6/c1-13(2)18(25-19(28)14-9-7-8-10-15(14)20(25)29)21(30)31-12-17(27)24(6)11-16(26)23-22(3,4)5/h7-10,13,18H,11-12H2,1-6H3,(H,23,26)/t18-/m0/s1. The first-order valence-electron chi connectivity index (χ1n) is 10.0. The molecule has 0 saturated carbocycles. The SMILES string of the molecule is CC(C)[C@@H](C(=O)OCC(=O)N(C)CC(=O)NC(C)(C)C)N1C(=O)c2ccccc2C1=O. The van der Waals surface area contributed by atoms with Gasteiger partial charge in [-0.25, -0.2) is 4.79 Å². The number of carbonyl (C=O) groups is 5. The molecule has 1 aromatic rings. The number of rotatable bonds is 7. The molecule has 4 amide bonds. The monoisotopic (exact) mass is 431 g/mol. The first-order chi connectivity index (χ1) is 14.3. The van der Waals surface area contributed by atoms with Crippen LogP contribution >= 0.6 is 0 Å². The van der Waals surface area contributed by atoms with Crippen LogP contribution in [0.15, 0.2) is 24.3 Å². The van der Waals surface area contributed by atoms with E-state index in [4.69, 9.17) is 4.74 Å². The van der Waals surface area contributed by atoms with E-state index in [9.17, 15) is 24.0 Å². The first kappa shape index (κ1) is 24.0. The molecule has 0 saturated heterocycles. The summed E-state index contributed by atoms with van der Waals surface area (Å²) in [6, 6.07) is 5.16. The number of esters is 1. The van der Waals surface area contributed by atoms with Crippen LogP contribution in [0.5, 0.6) is 0 Å². The summed E-state index contributed by atoms with van der Waals surface area (Å²) in [5.74, 6) is -3.36. The van der Waals surface area contributed by atoms with Crippen molar-refractivity contribution in [3.63, 3.8) is 0 Å². The van der Waals surface area contributed by atoms with Gasteiger partial charge in [0.1, 0.15) is 6.04 Å². The zero-order valence-corrected chi connectivity index (χ0v) is 18.7. The van der Waals surface area contributed by atoms with Crippen molar-refractivity contribution in [2.45, 2.75) is 46.2 Å². The van der Waals surface area contributed by atoms with Gasteiger partial charge in [0, 0.05) is 12.6 Å². The summed E-state index contributed by atoms with van der Waals surface area (Å²) in [7, 11) is 1.42. The van der Waals surface area contributed by atoms with E-state index in [0.717, 1.165) is 9.80 Å². The van der Waals surface area contributed by atoms with Crippen molar-refractivity contribution in [3.8, 4) is 0 Å². The molecule has 0 bridgehead atoms. The van der Waals surface area contributed by atoms with Crippen LogP contribution in [-0.2, 0) is 19.1 Å². The fourth-order valence-electron chi connectivity index (χ4n) is 3.23. The minimum absolute atomic E-state index is 0.195. The Morgan fingerprint density at radius 2 is 1.58 bits per heavy atom. The van der Waals surface area contributed by atoms with Gasteiger partial charge in [-0.3, -0.25) is 24.1 Å². The number of amides is 4. The highest BCUT2D eigenvalue weighted by Crippen LogP contribution is 2.27. The summed E-state index contributed by atoms with van der Waals surface area (Å²) in [6.45, 7) is 8.02. The van der Waals surface area contributed by atoms with Crippen LogP contribution in [0.3, 0.4) is 0 Å². The molecule has 1 atom stereocenters. The van der Waals surface area contributed by atoms with Gasteiger partial charge in [0.25, 0.3) is 17.7 Å². The van der Waals surface area contributed by atoms with Crippen molar-refractivity contribution in [2.24, 2.45) is 5.92 Å². The van der Waals surface area contributed by atoms with Gasteiger partial charge in [-0.15, -0.1) is 0 Å². The third-order valence-electron chi connectivity index (χ3n) is 4.64. The fourth-order valence-corrected chi connectivity index (χ4v) is 3.23. The van der Waals surface area contributed by atoms with Gasteiger partial charge in [-0.05, 0) is 38.8 Å². The Balaban J connectivity index is 2.02. The molecule has 0 unspecified atom stereocenters. The Morgan fingerprint density at radius 3 is 2.03 bits per heavy atom. The largest absolute Gasteiger partial charge is 0.454 e. The average molecular weight is 431 g/mol. The minimum atomic E-state index is -1.17. The number of nitrogens with one attached hydrogen (secondary N) is 1. The summed E-state index contributed by atoms with van der Waals surface area (Å²) in [4.78, 5) is 64.5. The van der Waals surface area contributed by atoms with Gasteiger partial charge in [0.05, 0.1) is 17.7 Å². The normalized spacial score (nSPS) is 14.4. The Labute approximate surface area is 181 Å². The molecule has 1 aliphatic heterocycles. The van der Waals surface area contributed by atoms with E-state index < -0.39 is 47.8 Å². The van der Waals surface area contributed by atoms with Gasteiger partial charge in [0.2, 0.25) is 5.91 Å². The average Bonchev–Trinajstić information content (AvgIpc) is 2.90. The number of carbonyl (C=O) groups excluding carboxylic acids is 5. The van der Waals surface area contributed by atoms with Crippen molar-refractivity contribution in [3.05, 3.63) is 35.4 Å². The highest BCUT2D eigenvalue weighted by molar-refractivity contribution is 6.22. The summed E-state index contributed by atoms with van der Waals surface area (Å²) < 4.78 is 5.13.